The van der Waals surface area contributed by atoms with Gasteiger partial charge in [0.2, 0.25) is 10.0 Å². The Labute approximate surface area is 158 Å². The third-order valence-corrected chi connectivity index (χ3v) is 5.68. The quantitative estimate of drug-likeness (QED) is 0.577. The van der Waals surface area contributed by atoms with Crippen molar-refractivity contribution in [3.05, 3.63) is 53.1 Å². The molecule has 0 saturated heterocycles. The number of hydrogen-bond acceptors (Lipinski definition) is 4. The second-order valence-corrected chi connectivity index (χ2v) is 8.17. The fourth-order valence-corrected chi connectivity index (χ4v) is 3.25. The Morgan fingerprint density at radius 1 is 1.23 bits per heavy atom. The molecule has 0 unspecified atom stereocenters. The van der Waals surface area contributed by atoms with Gasteiger partial charge in [0.05, 0.1) is 23.6 Å². The summed E-state index contributed by atoms with van der Waals surface area (Å²) in [6.45, 7) is 0.311. The summed E-state index contributed by atoms with van der Waals surface area (Å²) in [5, 5.41) is 3.40. The van der Waals surface area contributed by atoms with Gasteiger partial charge in [-0.05, 0) is 35.9 Å². The number of anilines is 1. The van der Waals surface area contributed by atoms with Crippen molar-refractivity contribution in [2.24, 2.45) is 10.7 Å². The van der Waals surface area contributed by atoms with Gasteiger partial charge in [0.1, 0.15) is 5.75 Å². The average Bonchev–Trinajstić information content (AvgIpc) is 2.60. The van der Waals surface area contributed by atoms with E-state index in [1.54, 1.807) is 49.6 Å². The molecule has 9 heteroatoms. The van der Waals surface area contributed by atoms with Crippen LogP contribution in [0.25, 0.3) is 0 Å². The van der Waals surface area contributed by atoms with Crippen molar-refractivity contribution in [2.75, 3.05) is 26.5 Å². The summed E-state index contributed by atoms with van der Waals surface area (Å²) in [5.41, 5.74) is 7.39. The normalized spacial score (nSPS) is 12.3. The highest BCUT2D eigenvalue weighted by Crippen LogP contribution is 2.27. The predicted octanol–water partition coefficient (Wildman–Crippen LogP) is 2.53. The molecule has 2 aromatic rings. The maximum Gasteiger partial charge on any atom is 0.242 e. The Morgan fingerprint density at radius 2 is 1.88 bits per heavy atom. The molecular weight excluding hydrogens is 376 g/mol. The van der Waals surface area contributed by atoms with Gasteiger partial charge in [0.25, 0.3) is 0 Å². The van der Waals surface area contributed by atoms with Crippen LogP contribution in [-0.4, -0.2) is 39.9 Å². The van der Waals surface area contributed by atoms with E-state index < -0.39 is 10.0 Å². The zero-order valence-corrected chi connectivity index (χ0v) is 16.3. The molecule has 2 rings (SSSR count). The van der Waals surface area contributed by atoms with E-state index in [-0.39, 0.29) is 10.9 Å². The molecule has 2 aromatic carbocycles. The summed E-state index contributed by atoms with van der Waals surface area (Å²) in [4.78, 5) is 4.47. The van der Waals surface area contributed by atoms with Crippen molar-refractivity contribution in [1.82, 2.24) is 4.31 Å². The molecule has 0 aliphatic heterocycles. The summed E-state index contributed by atoms with van der Waals surface area (Å²) in [6.07, 6.45) is 0. The number of halogens is 1. The smallest absolute Gasteiger partial charge is 0.242 e. The Hall–Kier alpha value is -2.29. The lowest BCUT2D eigenvalue weighted by atomic mass is 10.2. The molecule has 0 atom stereocenters. The van der Waals surface area contributed by atoms with Crippen LogP contribution in [0.5, 0.6) is 5.75 Å². The van der Waals surface area contributed by atoms with E-state index in [9.17, 15) is 8.42 Å². The largest absolute Gasteiger partial charge is 0.495 e. The van der Waals surface area contributed by atoms with E-state index in [0.29, 0.717) is 23.0 Å². The third kappa shape index (κ3) is 4.87. The van der Waals surface area contributed by atoms with Gasteiger partial charge >= 0.3 is 0 Å². The molecule has 0 spiro atoms. The Kier molecular flexibility index (Phi) is 6.47. The molecule has 26 heavy (non-hydrogen) atoms. The molecule has 3 N–H and O–H groups in total. The minimum Gasteiger partial charge on any atom is -0.495 e. The van der Waals surface area contributed by atoms with Gasteiger partial charge in [0.15, 0.2) is 5.96 Å². The Morgan fingerprint density at radius 3 is 2.42 bits per heavy atom. The summed E-state index contributed by atoms with van der Waals surface area (Å²) >= 11 is 6.06. The standard InChI is InChI=1S/C17H21ClN4O3S/c1-22(2)26(23,24)14-7-4-12(5-8-14)11-20-17(19)21-13-6-9-16(25-3)15(18)10-13/h4-10H,11H2,1-3H3,(H3,19,20,21). The molecule has 0 aromatic heterocycles. The van der Waals surface area contributed by atoms with Gasteiger partial charge in [-0.25, -0.2) is 17.7 Å². The van der Waals surface area contributed by atoms with Crippen LogP contribution in [0.4, 0.5) is 5.69 Å². The van der Waals surface area contributed by atoms with Crippen LogP contribution in [0.15, 0.2) is 52.4 Å². The number of ether oxygens (including phenoxy) is 1. The number of aliphatic imine (C=N–C) groups is 1. The Bertz CT molecular complexity index is 897. The predicted molar refractivity (Wildman–Crippen MR) is 104 cm³/mol. The highest BCUT2D eigenvalue weighted by atomic mass is 35.5. The first-order valence-electron chi connectivity index (χ1n) is 7.66. The van der Waals surface area contributed by atoms with E-state index >= 15 is 0 Å². The van der Waals surface area contributed by atoms with E-state index in [0.717, 1.165) is 5.56 Å². The monoisotopic (exact) mass is 396 g/mol. The van der Waals surface area contributed by atoms with Crippen LogP contribution in [-0.2, 0) is 16.6 Å². The topological polar surface area (TPSA) is 97.0 Å². The van der Waals surface area contributed by atoms with Crippen molar-refractivity contribution in [3.8, 4) is 5.75 Å². The lowest BCUT2D eigenvalue weighted by Crippen LogP contribution is -2.22. The summed E-state index contributed by atoms with van der Waals surface area (Å²) < 4.78 is 30.3. The number of rotatable bonds is 6. The Balaban J connectivity index is 2.04. The van der Waals surface area contributed by atoms with Crippen molar-refractivity contribution < 1.29 is 13.2 Å². The molecule has 0 amide bonds. The SMILES string of the molecule is COc1ccc(NC(N)=NCc2ccc(S(=O)(=O)N(C)C)cc2)cc1Cl. The van der Waals surface area contributed by atoms with E-state index in [4.69, 9.17) is 22.1 Å². The van der Waals surface area contributed by atoms with Gasteiger partial charge in [-0.15, -0.1) is 0 Å². The second-order valence-electron chi connectivity index (χ2n) is 5.61. The van der Waals surface area contributed by atoms with E-state index in [1.165, 1.54) is 18.4 Å². The number of nitrogens with one attached hydrogen (secondary N) is 1. The highest BCUT2D eigenvalue weighted by molar-refractivity contribution is 7.89. The third-order valence-electron chi connectivity index (χ3n) is 3.56. The summed E-state index contributed by atoms with van der Waals surface area (Å²) in [5.74, 6) is 0.789. The van der Waals surface area contributed by atoms with Crippen LogP contribution in [0.2, 0.25) is 5.02 Å². The molecule has 140 valence electrons. The van der Waals surface area contributed by atoms with Gasteiger partial charge in [-0.2, -0.15) is 0 Å². The first-order chi connectivity index (χ1) is 12.2. The number of sulfonamides is 1. The first kappa shape index (κ1) is 20.0. The van der Waals surface area contributed by atoms with E-state index in [1.807, 2.05) is 0 Å². The van der Waals surface area contributed by atoms with Gasteiger partial charge in [0, 0.05) is 19.8 Å². The molecule has 0 saturated carbocycles. The fourth-order valence-electron chi connectivity index (χ4n) is 2.09. The molecule has 0 radical (unpaired) electrons. The van der Waals surface area contributed by atoms with Gasteiger partial charge < -0.3 is 15.8 Å². The van der Waals surface area contributed by atoms with Crippen LogP contribution in [0.3, 0.4) is 0 Å². The highest BCUT2D eigenvalue weighted by Gasteiger charge is 2.16. The van der Waals surface area contributed by atoms with Crippen molar-refractivity contribution >= 4 is 33.3 Å². The average molecular weight is 397 g/mol. The number of methoxy groups -OCH3 is 1. The lowest BCUT2D eigenvalue weighted by molar-refractivity contribution is 0.415. The number of guanidine groups is 1. The van der Waals surface area contributed by atoms with Crippen LogP contribution < -0.4 is 15.8 Å². The second kappa shape index (κ2) is 8.39. The molecule has 0 aliphatic carbocycles. The first-order valence-corrected chi connectivity index (χ1v) is 9.48. The van der Waals surface area contributed by atoms with Gasteiger partial charge in [-0.1, -0.05) is 23.7 Å². The lowest BCUT2D eigenvalue weighted by Gasteiger charge is -2.11. The van der Waals surface area contributed by atoms with Crippen LogP contribution >= 0.6 is 11.6 Å². The summed E-state index contributed by atoms with van der Waals surface area (Å²) in [7, 11) is 1.09. The molecular formula is C17H21ClN4O3S. The maximum absolute atomic E-state index is 12.0. The van der Waals surface area contributed by atoms with Crippen molar-refractivity contribution in [1.29, 1.82) is 0 Å². The maximum atomic E-state index is 12.0. The van der Waals surface area contributed by atoms with Crippen molar-refractivity contribution in [2.45, 2.75) is 11.4 Å². The molecule has 0 bridgehead atoms. The summed E-state index contributed by atoms with van der Waals surface area (Å²) in [6, 6.07) is 11.7. The van der Waals surface area contributed by atoms with Gasteiger partial charge in [-0.3, -0.25) is 0 Å². The minimum absolute atomic E-state index is 0.219. The fraction of sp³-hybridized carbons (Fsp3) is 0.235. The molecule has 0 fully saturated rings. The van der Waals surface area contributed by atoms with Crippen LogP contribution in [0, 0.1) is 0 Å². The molecule has 0 aliphatic rings. The number of nitrogens with zero attached hydrogens (tertiary/aromatic N) is 2. The molecule has 7 nitrogen and oxygen atoms in total. The van der Waals surface area contributed by atoms with Crippen LogP contribution in [0.1, 0.15) is 5.56 Å². The minimum atomic E-state index is -3.44. The number of benzene rings is 2. The number of nitrogens with two attached hydrogens (primary N) is 1. The molecule has 0 heterocycles. The zero-order valence-electron chi connectivity index (χ0n) is 14.7. The zero-order chi connectivity index (χ0) is 19.3. The number of hydrogen-bond donors (Lipinski definition) is 2. The van der Waals surface area contributed by atoms with E-state index in [2.05, 4.69) is 10.3 Å². The van der Waals surface area contributed by atoms with Crippen molar-refractivity contribution in [3.63, 3.8) is 0 Å².